The Morgan fingerprint density at radius 2 is 2.18 bits per heavy atom. The van der Waals surface area contributed by atoms with E-state index in [1.165, 1.54) is 10.6 Å². The van der Waals surface area contributed by atoms with Crippen molar-refractivity contribution in [2.75, 3.05) is 5.32 Å². The van der Waals surface area contributed by atoms with Crippen molar-refractivity contribution in [3.8, 4) is 0 Å². The van der Waals surface area contributed by atoms with Gasteiger partial charge in [0.1, 0.15) is 0 Å². The van der Waals surface area contributed by atoms with Crippen molar-refractivity contribution in [3.63, 3.8) is 0 Å². The predicted molar refractivity (Wildman–Crippen MR) is 70.4 cm³/mol. The summed E-state index contributed by atoms with van der Waals surface area (Å²) in [5, 5.41) is 2.67. The van der Waals surface area contributed by atoms with E-state index < -0.39 is 6.04 Å². The minimum atomic E-state index is -0.498. The van der Waals surface area contributed by atoms with E-state index in [0.29, 0.717) is 12.1 Å². The largest absolute Gasteiger partial charge is 0.323 e. The summed E-state index contributed by atoms with van der Waals surface area (Å²) in [4.78, 5) is 22.7. The van der Waals surface area contributed by atoms with E-state index in [1.807, 2.05) is 6.92 Å². The second-order valence-corrected chi connectivity index (χ2v) is 3.75. The first-order chi connectivity index (χ1) is 7.54. The van der Waals surface area contributed by atoms with Crippen molar-refractivity contribution in [2.24, 2.45) is 12.8 Å². The molecule has 0 fully saturated rings. The summed E-state index contributed by atoms with van der Waals surface area (Å²) >= 11 is 0. The standard InChI is InChI=1S/C11H17N3O2.ClH/c1-3-4-9(12)11(16)13-8-5-6-10(15)14(2)7-8;/h5-7,9H,3-4,12H2,1-2H3,(H,13,16);1H. The van der Waals surface area contributed by atoms with E-state index >= 15 is 0 Å². The van der Waals surface area contributed by atoms with E-state index in [1.54, 1.807) is 19.3 Å². The van der Waals surface area contributed by atoms with Gasteiger partial charge in [-0.15, -0.1) is 12.4 Å². The van der Waals surface area contributed by atoms with E-state index in [0.717, 1.165) is 6.42 Å². The number of carbonyl (C=O) groups excluding carboxylic acids is 1. The Morgan fingerprint density at radius 1 is 1.53 bits per heavy atom. The van der Waals surface area contributed by atoms with Crippen molar-refractivity contribution in [2.45, 2.75) is 25.8 Å². The van der Waals surface area contributed by atoms with Crippen LogP contribution in [0.5, 0.6) is 0 Å². The molecule has 0 bridgehead atoms. The van der Waals surface area contributed by atoms with Crippen LogP contribution in [-0.4, -0.2) is 16.5 Å². The number of carbonyl (C=O) groups is 1. The quantitative estimate of drug-likeness (QED) is 0.842. The first-order valence-corrected chi connectivity index (χ1v) is 5.27. The molecular formula is C11H18ClN3O2. The Kier molecular flexibility index (Phi) is 6.53. The number of amides is 1. The molecule has 0 radical (unpaired) electrons. The smallest absolute Gasteiger partial charge is 0.250 e. The molecule has 1 aromatic heterocycles. The minimum Gasteiger partial charge on any atom is -0.323 e. The number of nitrogens with two attached hydrogens (primary N) is 1. The van der Waals surface area contributed by atoms with Gasteiger partial charge >= 0.3 is 0 Å². The molecule has 1 rings (SSSR count). The summed E-state index contributed by atoms with van der Waals surface area (Å²) in [7, 11) is 1.63. The van der Waals surface area contributed by atoms with Gasteiger partial charge in [-0.1, -0.05) is 13.3 Å². The number of aromatic nitrogens is 1. The highest BCUT2D eigenvalue weighted by Gasteiger charge is 2.12. The Balaban J connectivity index is 0.00000256. The molecule has 1 amide bonds. The summed E-state index contributed by atoms with van der Waals surface area (Å²) in [5.41, 5.74) is 6.13. The molecule has 0 saturated heterocycles. The lowest BCUT2D eigenvalue weighted by Crippen LogP contribution is -2.35. The molecule has 0 saturated carbocycles. The number of nitrogens with one attached hydrogen (secondary N) is 1. The maximum absolute atomic E-state index is 11.6. The van der Waals surface area contributed by atoms with E-state index in [2.05, 4.69) is 5.32 Å². The third kappa shape index (κ3) is 4.58. The Morgan fingerprint density at radius 3 is 2.71 bits per heavy atom. The van der Waals surface area contributed by atoms with Gasteiger partial charge in [0.15, 0.2) is 0 Å². The van der Waals surface area contributed by atoms with Crippen LogP contribution >= 0.6 is 12.4 Å². The van der Waals surface area contributed by atoms with Gasteiger partial charge in [0.2, 0.25) is 11.5 Å². The summed E-state index contributed by atoms with van der Waals surface area (Å²) in [6.45, 7) is 1.97. The zero-order chi connectivity index (χ0) is 12.1. The fourth-order valence-electron chi connectivity index (χ4n) is 1.34. The average molecular weight is 260 g/mol. The lowest BCUT2D eigenvalue weighted by molar-refractivity contribution is -0.117. The van der Waals surface area contributed by atoms with Crippen molar-refractivity contribution in [3.05, 3.63) is 28.7 Å². The van der Waals surface area contributed by atoms with Crippen LogP contribution in [0.15, 0.2) is 23.1 Å². The topological polar surface area (TPSA) is 77.1 Å². The maximum Gasteiger partial charge on any atom is 0.250 e. The fourth-order valence-corrected chi connectivity index (χ4v) is 1.34. The van der Waals surface area contributed by atoms with Gasteiger partial charge in [0, 0.05) is 19.3 Å². The number of hydrogen-bond acceptors (Lipinski definition) is 3. The molecule has 5 nitrogen and oxygen atoms in total. The minimum absolute atomic E-state index is 0. The summed E-state index contributed by atoms with van der Waals surface area (Å²) in [6, 6.07) is 2.47. The fraction of sp³-hybridized carbons (Fsp3) is 0.455. The Bertz CT molecular complexity index is 431. The number of aryl methyl sites for hydroxylation is 1. The molecule has 17 heavy (non-hydrogen) atoms. The normalized spacial score (nSPS) is 11.5. The van der Waals surface area contributed by atoms with Gasteiger partial charge in [0.25, 0.3) is 0 Å². The van der Waals surface area contributed by atoms with Crippen molar-refractivity contribution >= 4 is 24.0 Å². The van der Waals surface area contributed by atoms with Crippen LogP contribution in [0.1, 0.15) is 19.8 Å². The zero-order valence-corrected chi connectivity index (χ0v) is 10.8. The highest BCUT2D eigenvalue weighted by Crippen LogP contribution is 2.04. The number of pyridine rings is 1. The van der Waals surface area contributed by atoms with Crippen molar-refractivity contribution in [1.29, 1.82) is 0 Å². The molecule has 3 N–H and O–H groups in total. The van der Waals surface area contributed by atoms with Crippen molar-refractivity contribution in [1.82, 2.24) is 4.57 Å². The predicted octanol–water partition coefficient (Wildman–Crippen LogP) is 0.873. The molecule has 96 valence electrons. The molecule has 1 heterocycles. The van der Waals surface area contributed by atoms with Crippen molar-refractivity contribution < 1.29 is 4.79 Å². The number of anilines is 1. The molecule has 1 atom stereocenters. The summed E-state index contributed by atoms with van der Waals surface area (Å²) in [5.74, 6) is -0.222. The maximum atomic E-state index is 11.6. The van der Waals surface area contributed by atoms with Crippen LogP contribution in [0.4, 0.5) is 5.69 Å². The third-order valence-corrected chi connectivity index (χ3v) is 2.29. The average Bonchev–Trinajstić information content (AvgIpc) is 2.24. The van der Waals surface area contributed by atoms with Crippen LogP contribution < -0.4 is 16.6 Å². The number of halogens is 1. The molecule has 0 aromatic carbocycles. The first-order valence-electron chi connectivity index (χ1n) is 5.27. The van der Waals surface area contributed by atoms with Gasteiger partial charge < -0.3 is 15.6 Å². The van der Waals surface area contributed by atoms with Gasteiger partial charge in [-0.25, -0.2) is 0 Å². The number of hydrogen-bond donors (Lipinski definition) is 2. The first kappa shape index (κ1) is 15.7. The van der Waals surface area contributed by atoms with E-state index in [4.69, 9.17) is 5.73 Å². The van der Waals surface area contributed by atoms with E-state index in [-0.39, 0.29) is 23.9 Å². The number of rotatable bonds is 4. The molecule has 6 heteroatoms. The SMILES string of the molecule is CCCC(N)C(=O)Nc1ccc(=O)n(C)c1.Cl. The van der Waals surface area contributed by atoms with Gasteiger partial charge in [0.05, 0.1) is 11.7 Å². The molecule has 0 aliphatic carbocycles. The van der Waals surface area contributed by atoms with Gasteiger partial charge in [-0.05, 0) is 12.5 Å². The third-order valence-electron chi connectivity index (χ3n) is 2.29. The van der Waals surface area contributed by atoms with Gasteiger partial charge in [-0.2, -0.15) is 0 Å². The highest BCUT2D eigenvalue weighted by atomic mass is 35.5. The molecular weight excluding hydrogens is 242 g/mol. The molecule has 0 aliphatic heterocycles. The molecule has 1 unspecified atom stereocenters. The summed E-state index contributed by atoms with van der Waals surface area (Å²) < 4.78 is 1.40. The van der Waals surface area contributed by atoms with Gasteiger partial charge in [-0.3, -0.25) is 9.59 Å². The monoisotopic (exact) mass is 259 g/mol. The highest BCUT2D eigenvalue weighted by molar-refractivity contribution is 5.94. The van der Waals surface area contributed by atoms with Crippen LogP contribution in [-0.2, 0) is 11.8 Å². The summed E-state index contributed by atoms with van der Waals surface area (Å²) in [6.07, 6.45) is 3.08. The van der Waals surface area contributed by atoms with Crippen LogP contribution in [0.2, 0.25) is 0 Å². The Labute approximate surface area is 106 Å². The number of nitrogens with zero attached hydrogens (tertiary/aromatic N) is 1. The Hall–Kier alpha value is -1.33. The van der Waals surface area contributed by atoms with Crippen LogP contribution in [0, 0.1) is 0 Å². The molecule has 0 aliphatic rings. The van der Waals surface area contributed by atoms with E-state index in [9.17, 15) is 9.59 Å². The molecule has 1 aromatic rings. The molecule has 0 spiro atoms. The van der Waals surface area contributed by atoms with Crippen LogP contribution in [0.3, 0.4) is 0 Å². The zero-order valence-electron chi connectivity index (χ0n) is 9.97. The lowest BCUT2D eigenvalue weighted by Gasteiger charge is -2.11. The van der Waals surface area contributed by atoms with Crippen LogP contribution in [0.25, 0.3) is 0 Å². The second kappa shape index (κ2) is 7.09. The second-order valence-electron chi connectivity index (χ2n) is 3.75. The lowest BCUT2D eigenvalue weighted by atomic mass is 10.1.